The Morgan fingerprint density at radius 3 is 3.06 bits per heavy atom. The van der Waals surface area contributed by atoms with Gasteiger partial charge in [0.15, 0.2) is 0 Å². The van der Waals surface area contributed by atoms with E-state index in [1.807, 2.05) is 0 Å². The van der Waals surface area contributed by atoms with Crippen molar-refractivity contribution in [3.05, 3.63) is 0 Å². The molecule has 0 spiro atoms. The minimum Gasteiger partial charge on any atom is -0.355 e. The number of piperidine rings is 1. The predicted molar refractivity (Wildman–Crippen MR) is 77.5 cm³/mol. The number of hydrogen-bond acceptors (Lipinski definition) is 2. The normalized spacial score (nSPS) is 35.8. The zero-order valence-corrected chi connectivity index (χ0v) is 11.9. The second-order valence-corrected chi connectivity index (χ2v) is 6.17. The van der Waals surface area contributed by atoms with Crippen LogP contribution in [0.25, 0.3) is 0 Å². The quantitative estimate of drug-likeness (QED) is 0.579. The zero-order chi connectivity index (χ0) is 13.0. The molecule has 1 heterocycles. The van der Waals surface area contributed by atoms with Crippen LogP contribution < -0.4 is 10.6 Å². The smallest absolute Gasteiger partial charge is 0.237 e. The lowest BCUT2D eigenvalue weighted by molar-refractivity contribution is -0.124. The van der Waals surface area contributed by atoms with Crippen LogP contribution in [0.15, 0.2) is 0 Å². The average Bonchev–Trinajstić information content (AvgIpc) is 2.39. The molecule has 1 unspecified atom stereocenters. The topological polar surface area (TPSA) is 41.1 Å². The minimum absolute atomic E-state index is 0.0633. The lowest BCUT2D eigenvalue weighted by Crippen LogP contribution is -2.53. The molecule has 1 aliphatic carbocycles. The number of carbonyl (C=O) groups excluding carboxylic acids is 1. The van der Waals surface area contributed by atoms with Gasteiger partial charge in [-0.3, -0.25) is 4.79 Å². The van der Waals surface area contributed by atoms with E-state index in [0.717, 1.165) is 50.0 Å². The zero-order valence-electron chi connectivity index (χ0n) is 11.9. The van der Waals surface area contributed by atoms with E-state index >= 15 is 0 Å². The van der Waals surface area contributed by atoms with Crippen LogP contribution in [0.5, 0.6) is 0 Å². The first-order valence-corrected chi connectivity index (χ1v) is 7.73. The van der Waals surface area contributed by atoms with Crippen molar-refractivity contribution in [2.75, 3.05) is 13.1 Å². The van der Waals surface area contributed by atoms with Crippen molar-refractivity contribution in [2.24, 2.45) is 11.8 Å². The molecule has 0 aromatic carbocycles. The van der Waals surface area contributed by atoms with E-state index in [1.54, 1.807) is 0 Å². The summed E-state index contributed by atoms with van der Waals surface area (Å²) in [7, 11) is 2.38. The molecule has 2 aliphatic rings. The van der Waals surface area contributed by atoms with E-state index in [0.29, 0.717) is 0 Å². The second-order valence-electron chi connectivity index (χ2n) is 6.17. The lowest BCUT2D eigenvalue weighted by atomic mass is 9.61. The largest absolute Gasteiger partial charge is 0.355 e. The second kappa shape index (κ2) is 6.60. The van der Waals surface area contributed by atoms with E-state index in [4.69, 9.17) is 0 Å². The Morgan fingerprint density at radius 2 is 2.28 bits per heavy atom. The Kier molecular flexibility index (Phi) is 5.10. The van der Waals surface area contributed by atoms with Crippen molar-refractivity contribution in [1.29, 1.82) is 0 Å². The fourth-order valence-corrected chi connectivity index (χ4v) is 3.63. The van der Waals surface area contributed by atoms with E-state index < -0.39 is 0 Å². The van der Waals surface area contributed by atoms with E-state index in [2.05, 4.69) is 25.4 Å². The standard InChI is InChI=1S/C14H27BN2O/c1-2-3-7-16-14(18)13-8-10-5-4-6-12(15)11(10)9-17-13/h10-13,17H,2-9,15H2,1H3,(H,16,18)/t10-,11+,12?,13-/m0/s1. The van der Waals surface area contributed by atoms with Gasteiger partial charge < -0.3 is 10.6 Å². The van der Waals surface area contributed by atoms with Crippen LogP contribution in [0, 0.1) is 11.8 Å². The number of unbranched alkanes of at least 4 members (excludes halogenated alkanes) is 1. The molecular weight excluding hydrogens is 223 g/mol. The molecule has 2 N–H and O–H groups in total. The number of amides is 1. The summed E-state index contributed by atoms with van der Waals surface area (Å²) in [6.07, 6.45) is 7.33. The van der Waals surface area contributed by atoms with Crippen molar-refractivity contribution in [2.45, 2.75) is 57.3 Å². The van der Waals surface area contributed by atoms with Gasteiger partial charge in [0.2, 0.25) is 5.91 Å². The number of carbonyl (C=O) groups is 1. The number of nitrogens with one attached hydrogen (secondary N) is 2. The maximum absolute atomic E-state index is 12.1. The predicted octanol–water partition coefficient (Wildman–Crippen LogP) is 1.10. The highest BCUT2D eigenvalue weighted by atomic mass is 16.2. The van der Waals surface area contributed by atoms with Gasteiger partial charge in [-0.1, -0.05) is 38.4 Å². The molecule has 2 fully saturated rings. The molecule has 0 bridgehead atoms. The summed E-state index contributed by atoms with van der Waals surface area (Å²) in [5.41, 5.74) is 0. The molecule has 0 aromatic heterocycles. The van der Waals surface area contributed by atoms with Crippen LogP contribution >= 0.6 is 0 Å². The van der Waals surface area contributed by atoms with Gasteiger partial charge in [-0.15, -0.1) is 0 Å². The van der Waals surface area contributed by atoms with E-state index in [1.165, 1.54) is 19.3 Å². The summed E-state index contributed by atoms with van der Waals surface area (Å²) in [5.74, 6) is 2.64. The van der Waals surface area contributed by atoms with Gasteiger partial charge in [0.05, 0.1) is 6.04 Å². The number of rotatable bonds is 4. The molecule has 1 saturated carbocycles. The molecule has 1 amide bonds. The first-order chi connectivity index (χ1) is 8.72. The third kappa shape index (κ3) is 3.28. The molecule has 0 aromatic rings. The third-order valence-electron chi connectivity index (χ3n) is 4.86. The summed E-state index contributed by atoms with van der Waals surface area (Å²) < 4.78 is 0. The highest BCUT2D eigenvalue weighted by Crippen LogP contribution is 2.40. The van der Waals surface area contributed by atoms with Crippen LogP contribution in [-0.4, -0.2) is 32.9 Å². The summed E-state index contributed by atoms with van der Waals surface area (Å²) >= 11 is 0. The van der Waals surface area contributed by atoms with Crippen molar-refractivity contribution in [1.82, 2.24) is 10.6 Å². The maximum atomic E-state index is 12.1. The Morgan fingerprint density at radius 1 is 1.44 bits per heavy atom. The van der Waals surface area contributed by atoms with E-state index in [9.17, 15) is 4.79 Å². The fourth-order valence-electron chi connectivity index (χ4n) is 3.63. The van der Waals surface area contributed by atoms with Gasteiger partial charge >= 0.3 is 0 Å². The van der Waals surface area contributed by atoms with Crippen LogP contribution in [0.2, 0.25) is 5.82 Å². The van der Waals surface area contributed by atoms with Crippen LogP contribution in [-0.2, 0) is 4.79 Å². The summed E-state index contributed by atoms with van der Waals surface area (Å²) in [6.45, 7) is 4.02. The third-order valence-corrected chi connectivity index (χ3v) is 4.86. The van der Waals surface area contributed by atoms with Crippen molar-refractivity contribution >= 4 is 13.8 Å². The molecule has 3 nitrogen and oxygen atoms in total. The Hall–Kier alpha value is -0.505. The number of hydrogen-bond donors (Lipinski definition) is 2. The minimum atomic E-state index is 0.0633. The molecule has 18 heavy (non-hydrogen) atoms. The fraction of sp³-hybridized carbons (Fsp3) is 0.929. The average molecular weight is 250 g/mol. The molecule has 2 rings (SSSR count). The molecular formula is C14H27BN2O. The summed E-state index contributed by atoms with van der Waals surface area (Å²) in [4.78, 5) is 12.1. The monoisotopic (exact) mass is 250 g/mol. The van der Waals surface area contributed by atoms with Gasteiger partial charge in [0.25, 0.3) is 0 Å². The first kappa shape index (κ1) is 13.9. The van der Waals surface area contributed by atoms with Gasteiger partial charge in [-0.25, -0.2) is 0 Å². The maximum Gasteiger partial charge on any atom is 0.237 e. The highest BCUT2D eigenvalue weighted by molar-refractivity contribution is 6.11. The van der Waals surface area contributed by atoms with Crippen LogP contribution in [0.4, 0.5) is 0 Å². The molecule has 4 heteroatoms. The van der Waals surface area contributed by atoms with Crippen LogP contribution in [0.3, 0.4) is 0 Å². The molecule has 1 saturated heterocycles. The molecule has 0 radical (unpaired) electrons. The van der Waals surface area contributed by atoms with Gasteiger partial charge in [0.1, 0.15) is 7.85 Å². The van der Waals surface area contributed by atoms with Crippen molar-refractivity contribution in [3.8, 4) is 0 Å². The summed E-state index contributed by atoms with van der Waals surface area (Å²) in [5, 5.41) is 6.52. The van der Waals surface area contributed by atoms with Crippen LogP contribution in [0.1, 0.15) is 45.4 Å². The van der Waals surface area contributed by atoms with Crippen molar-refractivity contribution in [3.63, 3.8) is 0 Å². The van der Waals surface area contributed by atoms with E-state index in [-0.39, 0.29) is 11.9 Å². The Balaban J connectivity index is 1.81. The lowest BCUT2D eigenvalue weighted by Gasteiger charge is -2.43. The van der Waals surface area contributed by atoms with Crippen molar-refractivity contribution < 1.29 is 4.79 Å². The Bertz CT molecular complexity index is 285. The summed E-state index contributed by atoms with van der Waals surface area (Å²) in [6, 6.07) is 0.0633. The SMILES string of the molecule is BC1CCC[C@H]2C[C@@H](C(=O)NCCCC)NC[C@@H]12. The van der Waals surface area contributed by atoms with Gasteiger partial charge in [-0.05, 0) is 31.2 Å². The molecule has 1 aliphatic heterocycles. The Labute approximate surface area is 112 Å². The molecule has 4 atom stereocenters. The van der Waals surface area contributed by atoms with Gasteiger partial charge in [-0.2, -0.15) is 0 Å². The number of fused-ring (bicyclic) bond motifs is 1. The van der Waals surface area contributed by atoms with Gasteiger partial charge in [0, 0.05) is 6.54 Å². The first-order valence-electron chi connectivity index (χ1n) is 7.73. The highest BCUT2D eigenvalue weighted by Gasteiger charge is 2.37. The molecule has 102 valence electrons.